The minimum Gasteiger partial charge on any atom is -0.389 e. The number of hydrogen-bond donors (Lipinski definition) is 3. The van der Waals surface area contributed by atoms with Gasteiger partial charge in [-0.1, -0.05) is 18.2 Å². The Balaban J connectivity index is 1.35. The van der Waals surface area contributed by atoms with Gasteiger partial charge in [-0.3, -0.25) is 4.79 Å². The van der Waals surface area contributed by atoms with Crippen molar-refractivity contribution in [3.05, 3.63) is 75.6 Å². The van der Waals surface area contributed by atoms with E-state index in [0.717, 1.165) is 60.1 Å². The van der Waals surface area contributed by atoms with Crippen molar-refractivity contribution in [3.8, 4) is 0 Å². The molecule has 0 atom stereocenters. The number of benzene rings is 2. The minimum absolute atomic E-state index is 0.0376. The van der Waals surface area contributed by atoms with Crippen LogP contribution in [0.15, 0.2) is 36.5 Å². The van der Waals surface area contributed by atoms with E-state index < -0.39 is 22.8 Å². The summed E-state index contributed by atoms with van der Waals surface area (Å²) >= 11 is 0. The number of anilines is 3. The first-order chi connectivity index (χ1) is 20.5. The maximum Gasteiger partial charge on any atom is 0.419 e. The van der Waals surface area contributed by atoms with Gasteiger partial charge < -0.3 is 20.6 Å². The molecule has 2 aromatic carbocycles. The molecule has 2 aliphatic rings. The molecule has 1 saturated heterocycles. The average molecular weight is 610 g/mol. The molecule has 3 aromatic rings. The second-order valence-corrected chi connectivity index (χ2v) is 13.4. The van der Waals surface area contributed by atoms with Gasteiger partial charge in [0.2, 0.25) is 11.9 Å². The fourth-order valence-electron chi connectivity index (χ4n) is 6.69. The smallest absolute Gasteiger partial charge is 0.389 e. The number of nitrogens with one attached hydrogen (secondary N) is 2. The molecular weight excluding hydrogens is 567 g/mol. The van der Waals surface area contributed by atoms with Gasteiger partial charge in [0.05, 0.1) is 22.3 Å². The van der Waals surface area contributed by atoms with E-state index in [1.165, 1.54) is 5.56 Å². The Morgan fingerprint density at radius 3 is 2.43 bits per heavy atom. The number of halogens is 3. The molecule has 3 heterocycles. The lowest BCUT2D eigenvalue weighted by Crippen LogP contribution is -2.42. The lowest BCUT2D eigenvalue weighted by molar-refractivity contribution is -0.138. The van der Waals surface area contributed by atoms with Gasteiger partial charge in [-0.2, -0.15) is 13.2 Å². The highest BCUT2D eigenvalue weighted by molar-refractivity contribution is 6.06. The first kappa shape index (κ1) is 31.9. The van der Waals surface area contributed by atoms with E-state index in [4.69, 9.17) is 0 Å². The first-order valence-corrected chi connectivity index (χ1v) is 15.2. The highest BCUT2D eigenvalue weighted by Gasteiger charge is 2.40. The van der Waals surface area contributed by atoms with Crippen LogP contribution in [0.1, 0.15) is 85.5 Å². The van der Waals surface area contributed by atoms with Gasteiger partial charge in [-0.05, 0) is 126 Å². The molecular formula is C34H42F3N5O2. The summed E-state index contributed by atoms with van der Waals surface area (Å²) in [4.78, 5) is 23.2. The van der Waals surface area contributed by atoms with Crippen LogP contribution in [0.5, 0.6) is 0 Å². The third-order valence-electron chi connectivity index (χ3n) is 9.11. The molecule has 10 heteroatoms. The maximum absolute atomic E-state index is 14.0. The van der Waals surface area contributed by atoms with Gasteiger partial charge in [-0.25, -0.2) is 9.97 Å². The fourth-order valence-corrected chi connectivity index (χ4v) is 6.69. The van der Waals surface area contributed by atoms with Crippen molar-refractivity contribution in [1.82, 2.24) is 14.9 Å². The normalized spacial score (nSPS) is 17.5. The number of alkyl halides is 3. The summed E-state index contributed by atoms with van der Waals surface area (Å²) in [7, 11) is 0. The van der Waals surface area contributed by atoms with Crippen molar-refractivity contribution in [2.24, 2.45) is 0 Å². The lowest BCUT2D eigenvalue weighted by Gasteiger charge is -2.36. The molecule has 3 N–H and O–H groups in total. The second kappa shape index (κ2) is 11.8. The standard InChI is InChI=1S/C34H42F3N5O2/c1-20-21(2)26(13-11-24(20)22-14-16-42(17-15-22)19-32(3,4)44)40-31-38-18-25(34(35,36)37)27(41-31)12-10-23-8-7-9-28-29(23)33(5,6)30(43)39-28/h7-9,11,13,18,22,44H,10,12,14-17,19H2,1-6H3,(H,39,43)(H,38,40,41). The number of β-amino-alcohol motifs (C(OH)–C–C–N with tert-alkyl or cyclic N) is 1. The highest BCUT2D eigenvalue weighted by atomic mass is 19.4. The van der Waals surface area contributed by atoms with Gasteiger partial charge in [0.15, 0.2) is 0 Å². The van der Waals surface area contributed by atoms with Crippen LogP contribution in [0.2, 0.25) is 0 Å². The third-order valence-corrected chi connectivity index (χ3v) is 9.11. The zero-order valence-electron chi connectivity index (χ0n) is 26.3. The number of likely N-dealkylation sites (tertiary alicyclic amines) is 1. The molecule has 0 radical (unpaired) electrons. The lowest BCUT2D eigenvalue weighted by atomic mass is 9.82. The number of rotatable bonds is 8. The molecule has 7 nitrogen and oxygen atoms in total. The number of nitrogens with zero attached hydrogens (tertiary/aromatic N) is 3. The molecule has 2 aliphatic heterocycles. The predicted molar refractivity (Wildman–Crippen MR) is 166 cm³/mol. The van der Waals surface area contributed by atoms with E-state index in [0.29, 0.717) is 24.6 Å². The van der Waals surface area contributed by atoms with Gasteiger partial charge in [0.25, 0.3) is 0 Å². The molecule has 44 heavy (non-hydrogen) atoms. The SMILES string of the molecule is Cc1c(Nc2ncc(C(F)(F)F)c(CCc3cccc4c3C(C)(C)C(=O)N4)n2)ccc(C2CCN(CC(C)(C)O)CC2)c1C. The summed E-state index contributed by atoms with van der Waals surface area (Å²) in [6, 6.07) is 9.54. The monoisotopic (exact) mass is 609 g/mol. The Morgan fingerprint density at radius 1 is 1.07 bits per heavy atom. The number of aryl methyl sites for hydroxylation is 2. The van der Waals surface area contributed by atoms with E-state index in [1.807, 2.05) is 52.8 Å². The quantitative estimate of drug-likeness (QED) is 0.260. The summed E-state index contributed by atoms with van der Waals surface area (Å²) in [6.45, 7) is 13.9. The van der Waals surface area contributed by atoms with Crippen LogP contribution < -0.4 is 10.6 Å². The van der Waals surface area contributed by atoms with Crippen LogP contribution >= 0.6 is 0 Å². The predicted octanol–water partition coefficient (Wildman–Crippen LogP) is 6.82. The van der Waals surface area contributed by atoms with Gasteiger partial charge in [-0.15, -0.1) is 0 Å². The molecule has 0 bridgehead atoms. The van der Waals surface area contributed by atoms with Crippen molar-refractivity contribution < 1.29 is 23.1 Å². The van der Waals surface area contributed by atoms with Crippen molar-refractivity contribution in [3.63, 3.8) is 0 Å². The van der Waals surface area contributed by atoms with E-state index in [-0.39, 0.29) is 24.0 Å². The topological polar surface area (TPSA) is 90.4 Å². The molecule has 236 valence electrons. The zero-order chi connectivity index (χ0) is 32.0. The van der Waals surface area contributed by atoms with Gasteiger partial charge in [0.1, 0.15) is 0 Å². The Hall–Kier alpha value is -3.50. The Labute approximate surface area is 257 Å². The fraction of sp³-hybridized carbons (Fsp3) is 0.500. The summed E-state index contributed by atoms with van der Waals surface area (Å²) in [5.41, 5.74) is 4.08. The number of amides is 1. The number of hydrogen-bond acceptors (Lipinski definition) is 6. The number of carbonyl (C=O) groups is 1. The third kappa shape index (κ3) is 6.61. The molecule has 1 amide bonds. The average Bonchev–Trinajstić information content (AvgIpc) is 3.17. The Bertz CT molecular complexity index is 1550. The molecule has 0 spiro atoms. The summed E-state index contributed by atoms with van der Waals surface area (Å²) in [5, 5.41) is 16.2. The molecule has 1 fully saturated rings. The zero-order valence-corrected chi connectivity index (χ0v) is 26.3. The van der Waals surface area contributed by atoms with Gasteiger partial charge in [0, 0.05) is 24.1 Å². The van der Waals surface area contributed by atoms with Crippen LogP contribution in [-0.2, 0) is 29.2 Å². The highest BCUT2D eigenvalue weighted by Crippen LogP contribution is 2.41. The number of piperidine rings is 1. The molecule has 1 aromatic heterocycles. The number of carbonyl (C=O) groups excluding carboxylic acids is 1. The van der Waals surface area contributed by atoms with Crippen LogP contribution in [0.25, 0.3) is 0 Å². The summed E-state index contributed by atoms with van der Waals surface area (Å²) < 4.78 is 42.0. The van der Waals surface area contributed by atoms with Crippen LogP contribution in [-0.4, -0.2) is 51.1 Å². The summed E-state index contributed by atoms with van der Waals surface area (Å²) in [6.07, 6.45) is -1.41. The maximum atomic E-state index is 14.0. The van der Waals surface area contributed by atoms with E-state index in [2.05, 4.69) is 38.5 Å². The van der Waals surface area contributed by atoms with Crippen molar-refractivity contribution in [2.75, 3.05) is 30.3 Å². The first-order valence-electron chi connectivity index (χ1n) is 15.2. The largest absolute Gasteiger partial charge is 0.419 e. The molecule has 5 rings (SSSR count). The van der Waals surface area contributed by atoms with Crippen LogP contribution in [0.4, 0.5) is 30.5 Å². The molecule has 0 unspecified atom stereocenters. The number of aromatic nitrogens is 2. The van der Waals surface area contributed by atoms with Gasteiger partial charge >= 0.3 is 6.18 Å². The number of fused-ring (bicyclic) bond motifs is 1. The molecule has 0 aliphatic carbocycles. The van der Waals surface area contributed by atoms with Crippen LogP contribution in [0, 0.1) is 13.8 Å². The number of aliphatic hydroxyl groups is 1. The van der Waals surface area contributed by atoms with Crippen molar-refractivity contribution >= 4 is 23.2 Å². The van der Waals surface area contributed by atoms with E-state index in [1.54, 1.807) is 6.07 Å². The van der Waals surface area contributed by atoms with Crippen molar-refractivity contribution in [1.29, 1.82) is 0 Å². The Kier molecular flexibility index (Phi) is 8.54. The van der Waals surface area contributed by atoms with Crippen molar-refractivity contribution in [2.45, 2.75) is 90.3 Å². The second-order valence-electron chi connectivity index (χ2n) is 13.4. The van der Waals surface area contributed by atoms with E-state index >= 15 is 0 Å². The van der Waals surface area contributed by atoms with Crippen LogP contribution in [0.3, 0.4) is 0 Å². The molecule has 0 saturated carbocycles. The Morgan fingerprint density at radius 2 is 1.77 bits per heavy atom. The summed E-state index contributed by atoms with van der Waals surface area (Å²) in [5.74, 6) is 0.389. The minimum atomic E-state index is -4.60. The van der Waals surface area contributed by atoms with E-state index in [9.17, 15) is 23.1 Å².